The number of amides is 2. The molecule has 0 unspecified atom stereocenters. The van der Waals surface area contributed by atoms with Crippen molar-refractivity contribution in [2.45, 2.75) is 37.3 Å². The summed E-state index contributed by atoms with van der Waals surface area (Å²) in [6, 6.07) is 18.0. The third-order valence-electron chi connectivity index (χ3n) is 6.65. The van der Waals surface area contributed by atoms with Crippen LogP contribution in [-0.4, -0.2) is 58.5 Å². The van der Waals surface area contributed by atoms with Crippen LogP contribution >= 0.6 is 0 Å². The van der Waals surface area contributed by atoms with E-state index in [1.807, 2.05) is 42.5 Å². The molecular formula is C26H26N2O3. The SMILES string of the molecule is O=C(C1CC1)N1CC(=O)N2[C@H](C1)[C@@H](c1ccc(C#CCc3ccccc3)cc1)[C@@H]2CO. The summed E-state index contributed by atoms with van der Waals surface area (Å²) in [5, 5.41) is 9.93. The Kier molecular flexibility index (Phi) is 5.25. The zero-order valence-electron chi connectivity index (χ0n) is 17.4. The first kappa shape index (κ1) is 19.8. The van der Waals surface area contributed by atoms with Crippen LogP contribution in [0.2, 0.25) is 0 Å². The molecule has 2 aromatic carbocycles. The number of carbonyl (C=O) groups excluding carboxylic acids is 2. The molecule has 5 nitrogen and oxygen atoms in total. The number of rotatable bonds is 4. The van der Waals surface area contributed by atoms with Gasteiger partial charge in [0.25, 0.3) is 0 Å². The summed E-state index contributed by atoms with van der Waals surface area (Å²) < 4.78 is 0. The summed E-state index contributed by atoms with van der Waals surface area (Å²) in [4.78, 5) is 28.7. The molecule has 1 saturated carbocycles. The molecule has 31 heavy (non-hydrogen) atoms. The van der Waals surface area contributed by atoms with Crippen LogP contribution in [0.4, 0.5) is 0 Å². The Morgan fingerprint density at radius 2 is 1.81 bits per heavy atom. The van der Waals surface area contributed by atoms with Crippen molar-refractivity contribution in [2.24, 2.45) is 5.92 Å². The van der Waals surface area contributed by atoms with Crippen molar-refractivity contribution in [1.82, 2.24) is 9.80 Å². The number of benzene rings is 2. The summed E-state index contributed by atoms with van der Waals surface area (Å²) in [7, 11) is 0. The maximum Gasteiger partial charge on any atom is 0.242 e. The summed E-state index contributed by atoms with van der Waals surface area (Å²) in [6.07, 6.45) is 2.59. The van der Waals surface area contributed by atoms with E-state index in [0.717, 1.165) is 24.0 Å². The van der Waals surface area contributed by atoms with Crippen LogP contribution in [0.3, 0.4) is 0 Å². The van der Waals surface area contributed by atoms with Gasteiger partial charge in [-0.2, -0.15) is 0 Å². The first-order valence-electron chi connectivity index (χ1n) is 11.0. The minimum absolute atomic E-state index is 0.0371. The Hall–Kier alpha value is -3.10. The number of hydrogen-bond acceptors (Lipinski definition) is 3. The highest BCUT2D eigenvalue weighted by molar-refractivity contribution is 5.89. The largest absolute Gasteiger partial charge is 0.394 e. The maximum atomic E-state index is 12.7. The van der Waals surface area contributed by atoms with Gasteiger partial charge in [0.1, 0.15) is 0 Å². The molecular weight excluding hydrogens is 388 g/mol. The molecule has 0 radical (unpaired) electrons. The van der Waals surface area contributed by atoms with Crippen molar-refractivity contribution in [3.05, 3.63) is 71.3 Å². The van der Waals surface area contributed by atoms with E-state index in [1.54, 1.807) is 9.80 Å². The topological polar surface area (TPSA) is 60.9 Å². The Balaban J connectivity index is 1.29. The van der Waals surface area contributed by atoms with Crippen LogP contribution < -0.4 is 0 Å². The molecule has 5 heteroatoms. The van der Waals surface area contributed by atoms with Crippen molar-refractivity contribution in [1.29, 1.82) is 0 Å². The van der Waals surface area contributed by atoms with E-state index >= 15 is 0 Å². The van der Waals surface area contributed by atoms with E-state index in [0.29, 0.717) is 13.0 Å². The normalized spacial score (nSPS) is 24.7. The van der Waals surface area contributed by atoms with Gasteiger partial charge in [0.05, 0.1) is 25.2 Å². The van der Waals surface area contributed by atoms with Crippen molar-refractivity contribution in [3.63, 3.8) is 0 Å². The van der Waals surface area contributed by atoms with Crippen LogP contribution in [0, 0.1) is 17.8 Å². The zero-order chi connectivity index (χ0) is 21.4. The predicted molar refractivity (Wildman–Crippen MR) is 117 cm³/mol. The average Bonchev–Trinajstić information content (AvgIpc) is 3.62. The zero-order valence-corrected chi connectivity index (χ0v) is 17.4. The molecule has 2 aromatic rings. The van der Waals surface area contributed by atoms with Gasteiger partial charge in [-0.25, -0.2) is 0 Å². The number of piperazine rings is 1. The Morgan fingerprint density at radius 1 is 1.06 bits per heavy atom. The number of fused-ring (bicyclic) bond motifs is 1. The minimum Gasteiger partial charge on any atom is -0.394 e. The fourth-order valence-corrected chi connectivity index (χ4v) is 4.89. The number of nitrogens with zero attached hydrogens (tertiary/aromatic N) is 2. The molecule has 0 bridgehead atoms. The second-order valence-corrected chi connectivity index (χ2v) is 8.72. The minimum atomic E-state index is -0.217. The second-order valence-electron chi connectivity index (χ2n) is 8.72. The lowest BCUT2D eigenvalue weighted by atomic mass is 9.73. The van der Waals surface area contributed by atoms with Gasteiger partial charge in [-0.1, -0.05) is 54.3 Å². The summed E-state index contributed by atoms with van der Waals surface area (Å²) in [6.45, 7) is 0.633. The summed E-state index contributed by atoms with van der Waals surface area (Å²) in [5.74, 6) is 6.63. The molecule has 5 rings (SSSR count). The fourth-order valence-electron chi connectivity index (χ4n) is 4.89. The van der Waals surface area contributed by atoms with E-state index in [-0.39, 0.29) is 48.9 Å². The van der Waals surface area contributed by atoms with Gasteiger partial charge in [0, 0.05) is 30.4 Å². The quantitative estimate of drug-likeness (QED) is 0.781. The Labute approximate surface area is 182 Å². The van der Waals surface area contributed by atoms with E-state index < -0.39 is 0 Å². The molecule has 0 aromatic heterocycles. The van der Waals surface area contributed by atoms with Gasteiger partial charge in [0.2, 0.25) is 11.8 Å². The van der Waals surface area contributed by atoms with Crippen LogP contribution in [0.5, 0.6) is 0 Å². The van der Waals surface area contributed by atoms with Gasteiger partial charge in [-0.15, -0.1) is 0 Å². The van der Waals surface area contributed by atoms with Gasteiger partial charge < -0.3 is 14.9 Å². The number of aliphatic hydroxyl groups excluding tert-OH is 1. The maximum absolute atomic E-state index is 12.7. The average molecular weight is 415 g/mol. The van der Waals surface area contributed by atoms with E-state index in [2.05, 4.69) is 24.0 Å². The van der Waals surface area contributed by atoms with Crippen LogP contribution in [0.1, 0.15) is 35.4 Å². The van der Waals surface area contributed by atoms with E-state index in [1.165, 1.54) is 5.56 Å². The number of carbonyl (C=O) groups is 2. The molecule has 0 spiro atoms. The van der Waals surface area contributed by atoms with E-state index in [4.69, 9.17) is 0 Å². The highest BCUT2D eigenvalue weighted by Crippen LogP contribution is 2.43. The molecule has 2 heterocycles. The lowest BCUT2D eigenvalue weighted by molar-refractivity contribution is -0.167. The molecule has 3 atom stereocenters. The molecule has 158 valence electrons. The summed E-state index contributed by atoms with van der Waals surface area (Å²) >= 11 is 0. The lowest BCUT2D eigenvalue weighted by Crippen LogP contribution is -2.73. The van der Waals surface area contributed by atoms with Gasteiger partial charge in [-0.05, 0) is 36.1 Å². The molecule has 2 amide bonds. The van der Waals surface area contributed by atoms with Crippen molar-refractivity contribution < 1.29 is 14.7 Å². The van der Waals surface area contributed by atoms with Gasteiger partial charge in [0.15, 0.2) is 0 Å². The molecule has 3 aliphatic rings. The molecule has 3 fully saturated rings. The lowest BCUT2D eigenvalue weighted by Gasteiger charge is -2.58. The van der Waals surface area contributed by atoms with Crippen molar-refractivity contribution in [3.8, 4) is 11.8 Å². The molecule has 2 aliphatic heterocycles. The standard InChI is InChI=1S/C26H26N2O3/c29-17-23-25(22-15-27(16-24(30)28(22)23)26(31)21-13-14-21)20-11-9-19(10-12-20)8-4-7-18-5-2-1-3-6-18/h1-3,5-6,9-12,21-23,25,29H,7,13-17H2/t22-,23+,25-/m1/s1. The third kappa shape index (κ3) is 3.84. The molecule has 2 saturated heterocycles. The number of hydrogen-bond donors (Lipinski definition) is 1. The summed E-state index contributed by atoms with van der Waals surface area (Å²) in [5.41, 5.74) is 3.23. The highest BCUT2D eigenvalue weighted by atomic mass is 16.3. The first-order chi connectivity index (χ1) is 15.2. The van der Waals surface area contributed by atoms with E-state index in [9.17, 15) is 14.7 Å². The predicted octanol–water partition coefficient (Wildman–Crippen LogP) is 2.19. The molecule has 1 aliphatic carbocycles. The van der Waals surface area contributed by atoms with Crippen LogP contribution in [0.25, 0.3) is 0 Å². The number of aliphatic hydroxyl groups is 1. The fraction of sp³-hybridized carbons (Fsp3) is 0.385. The monoisotopic (exact) mass is 414 g/mol. The second kappa shape index (κ2) is 8.20. The van der Waals surface area contributed by atoms with Gasteiger partial charge in [-0.3, -0.25) is 9.59 Å². The molecule has 1 N–H and O–H groups in total. The van der Waals surface area contributed by atoms with Crippen LogP contribution in [0.15, 0.2) is 54.6 Å². The first-order valence-corrected chi connectivity index (χ1v) is 11.0. The van der Waals surface area contributed by atoms with Crippen molar-refractivity contribution in [2.75, 3.05) is 19.7 Å². The Bertz CT molecular complexity index is 1030. The third-order valence-corrected chi connectivity index (χ3v) is 6.65. The van der Waals surface area contributed by atoms with Gasteiger partial charge >= 0.3 is 0 Å². The highest BCUT2D eigenvalue weighted by Gasteiger charge is 2.55. The smallest absolute Gasteiger partial charge is 0.242 e. The van der Waals surface area contributed by atoms with Crippen LogP contribution in [-0.2, 0) is 16.0 Å². The Morgan fingerprint density at radius 3 is 2.48 bits per heavy atom. The van der Waals surface area contributed by atoms with Crippen molar-refractivity contribution >= 4 is 11.8 Å².